The quantitative estimate of drug-likeness (QED) is 0.793. The third-order valence-electron chi connectivity index (χ3n) is 4.59. The molecule has 1 aromatic heterocycles. The summed E-state index contributed by atoms with van der Waals surface area (Å²) in [4.78, 5) is 4.16. The van der Waals surface area contributed by atoms with Crippen molar-refractivity contribution in [3.05, 3.63) is 58.9 Å². The van der Waals surface area contributed by atoms with E-state index in [2.05, 4.69) is 17.1 Å². The molecule has 1 atom stereocenters. The predicted molar refractivity (Wildman–Crippen MR) is 88.8 cm³/mol. The summed E-state index contributed by atoms with van der Waals surface area (Å²) in [5.74, 6) is 0. The highest BCUT2D eigenvalue weighted by atomic mass is 35.5. The molecule has 6 heteroatoms. The van der Waals surface area contributed by atoms with Crippen LogP contribution in [0.5, 0.6) is 0 Å². The van der Waals surface area contributed by atoms with Gasteiger partial charge in [-0.1, -0.05) is 35.9 Å². The Morgan fingerprint density at radius 1 is 1.09 bits per heavy atom. The molecule has 1 heterocycles. The van der Waals surface area contributed by atoms with E-state index in [1.54, 1.807) is 10.4 Å². The number of aromatic nitrogens is 1. The van der Waals surface area contributed by atoms with Gasteiger partial charge in [-0.3, -0.25) is 0 Å². The molecular weight excluding hydrogens is 332 g/mol. The number of halogens is 1. The van der Waals surface area contributed by atoms with Crippen LogP contribution < -0.4 is 0 Å². The van der Waals surface area contributed by atoms with Gasteiger partial charge in [0.2, 0.25) is 10.0 Å². The summed E-state index contributed by atoms with van der Waals surface area (Å²) < 4.78 is 28.0. The first-order valence-corrected chi connectivity index (χ1v) is 9.62. The van der Waals surface area contributed by atoms with Crippen LogP contribution in [-0.4, -0.2) is 23.7 Å². The maximum absolute atomic E-state index is 13.2. The highest BCUT2D eigenvalue weighted by molar-refractivity contribution is 7.89. The number of rotatable bonds is 4. The van der Waals surface area contributed by atoms with Crippen molar-refractivity contribution in [1.82, 2.24) is 9.29 Å². The standard InChI is InChI=1S/C17H17ClN2O2S/c18-17-10-8-14(11-19-17)23(21,22)20(13-6-7-13)16-9-5-12-3-1-2-4-15(12)16/h1-4,8,10-11,13,16H,5-7,9H2/t16-/m0/s1. The van der Waals surface area contributed by atoms with Gasteiger partial charge in [0.05, 0.1) is 6.04 Å². The minimum atomic E-state index is -3.57. The first kappa shape index (κ1) is 15.1. The third-order valence-corrected chi connectivity index (χ3v) is 6.76. The first-order valence-electron chi connectivity index (χ1n) is 7.80. The van der Waals surface area contributed by atoms with E-state index in [-0.39, 0.29) is 17.0 Å². The van der Waals surface area contributed by atoms with E-state index in [0.717, 1.165) is 31.2 Å². The molecular formula is C17H17ClN2O2S. The Hall–Kier alpha value is -1.43. The lowest BCUT2D eigenvalue weighted by atomic mass is 10.1. The molecule has 120 valence electrons. The molecule has 1 saturated carbocycles. The fraction of sp³-hybridized carbons (Fsp3) is 0.353. The second-order valence-electron chi connectivity index (χ2n) is 6.14. The van der Waals surface area contributed by atoms with Gasteiger partial charge in [-0.05, 0) is 48.9 Å². The second kappa shape index (κ2) is 5.58. The monoisotopic (exact) mass is 348 g/mol. The molecule has 0 unspecified atom stereocenters. The van der Waals surface area contributed by atoms with Gasteiger partial charge in [0.25, 0.3) is 0 Å². The van der Waals surface area contributed by atoms with Crippen molar-refractivity contribution >= 4 is 21.6 Å². The fourth-order valence-corrected chi connectivity index (χ4v) is 5.32. The Balaban J connectivity index is 1.76. The largest absolute Gasteiger partial charge is 0.245 e. The highest BCUT2D eigenvalue weighted by Gasteiger charge is 2.44. The first-order chi connectivity index (χ1) is 11.1. The molecule has 0 saturated heterocycles. The van der Waals surface area contributed by atoms with Crippen molar-refractivity contribution in [3.63, 3.8) is 0 Å². The number of hydrogen-bond donors (Lipinski definition) is 0. The van der Waals surface area contributed by atoms with Gasteiger partial charge >= 0.3 is 0 Å². The van der Waals surface area contributed by atoms with E-state index in [1.165, 1.54) is 17.8 Å². The van der Waals surface area contributed by atoms with Crippen LogP contribution in [0, 0.1) is 0 Å². The molecule has 0 amide bonds. The zero-order valence-corrected chi connectivity index (χ0v) is 14.1. The molecule has 1 aromatic carbocycles. The van der Waals surface area contributed by atoms with Crippen LogP contribution in [0.3, 0.4) is 0 Å². The Bertz CT molecular complexity index is 832. The van der Waals surface area contributed by atoms with Crippen LogP contribution in [0.1, 0.15) is 36.4 Å². The van der Waals surface area contributed by atoms with Crippen LogP contribution in [0.25, 0.3) is 0 Å². The van der Waals surface area contributed by atoms with E-state index < -0.39 is 10.0 Å². The van der Waals surface area contributed by atoms with Crippen LogP contribution >= 0.6 is 11.6 Å². The van der Waals surface area contributed by atoms with Crippen molar-refractivity contribution in [2.45, 2.75) is 42.7 Å². The smallest absolute Gasteiger partial charge is 0.243 e. The number of benzene rings is 1. The van der Waals surface area contributed by atoms with Crippen LogP contribution in [0.4, 0.5) is 0 Å². The van der Waals surface area contributed by atoms with E-state index in [0.29, 0.717) is 5.15 Å². The van der Waals surface area contributed by atoms with Gasteiger partial charge in [-0.25, -0.2) is 13.4 Å². The molecule has 2 aliphatic carbocycles. The van der Waals surface area contributed by atoms with E-state index in [4.69, 9.17) is 11.6 Å². The van der Waals surface area contributed by atoms with Crippen molar-refractivity contribution < 1.29 is 8.42 Å². The molecule has 0 N–H and O–H groups in total. The molecule has 1 fully saturated rings. The lowest BCUT2D eigenvalue weighted by Crippen LogP contribution is -2.36. The minimum Gasteiger partial charge on any atom is -0.243 e. The summed E-state index contributed by atoms with van der Waals surface area (Å²) in [5.41, 5.74) is 2.40. The van der Waals surface area contributed by atoms with Crippen LogP contribution in [-0.2, 0) is 16.4 Å². The summed E-state index contributed by atoms with van der Waals surface area (Å²) in [5, 5.41) is 0.299. The fourth-order valence-electron chi connectivity index (χ4n) is 3.38. The predicted octanol–water partition coefficient (Wildman–Crippen LogP) is 3.58. The normalized spacial score (nSPS) is 20.7. The summed E-state index contributed by atoms with van der Waals surface area (Å²) in [6, 6.07) is 11.3. The Morgan fingerprint density at radius 2 is 1.87 bits per heavy atom. The number of sulfonamides is 1. The number of pyridine rings is 1. The number of fused-ring (bicyclic) bond motifs is 1. The SMILES string of the molecule is O=S(=O)(c1ccc(Cl)nc1)N(C1CC1)[C@H]1CCc2ccccc21. The molecule has 2 aromatic rings. The number of nitrogens with zero attached hydrogens (tertiary/aromatic N) is 2. The summed E-state index contributed by atoms with van der Waals surface area (Å²) in [6.07, 6.45) is 4.99. The average molecular weight is 349 g/mol. The molecule has 0 aliphatic heterocycles. The van der Waals surface area contributed by atoms with E-state index >= 15 is 0 Å². The van der Waals surface area contributed by atoms with Gasteiger partial charge < -0.3 is 0 Å². The Morgan fingerprint density at radius 3 is 2.57 bits per heavy atom. The van der Waals surface area contributed by atoms with Gasteiger partial charge in [0.1, 0.15) is 10.0 Å². The van der Waals surface area contributed by atoms with Gasteiger partial charge in [-0.15, -0.1) is 0 Å². The highest BCUT2D eigenvalue weighted by Crippen LogP contribution is 2.44. The maximum atomic E-state index is 13.2. The maximum Gasteiger partial charge on any atom is 0.245 e. The molecule has 0 radical (unpaired) electrons. The van der Waals surface area contributed by atoms with E-state index in [1.807, 2.05) is 12.1 Å². The molecule has 2 aliphatic rings. The number of hydrogen-bond acceptors (Lipinski definition) is 3. The van der Waals surface area contributed by atoms with Crippen molar-refractivity contribution in [2.75, 3.05) is 0 Å². The van der Waals surface area contributed by atoms with Gasteiger partial charge in [0, 0.05) is 12.2 Å². The van der Waals surface area contributed by atoms with Crippen LogP contribution in [0.15, 0.2) is 47.5 Å². The topological polar surface area (TPSA) is 50.3 Å². The van der Waals surface area contributed by atoms with Crippen molar-refractivity contribution in [3.8, 4) is 0 Å². The molecule has 4 rings (SSSR count). The van der Waals surface area contributed by atoms with Gasteiger partial charge in [0.15, 0.2) is 0 Å². The van der Waals surface area contributed by atoms with Crippen molar-refractivity contribution in [1.29, 1.82) is 0 Å². The Labute approximate surface area is 141 Å². The van der Waals surface area contributed by atoms with E-state index in [9.17, 15) is 8.42 Å². The summed E-state index contributed by atoms with van der Waals surface area (Å²) in [6.45, 7) is 0. The lowest BCUT2D eigenvalue weighted by Gasteiger charge is -2.28. The third kappa shape index (κ3) is 2.67. The zero-order valence-electron chi connectivity index (χ0n) is 12.5. The molecule has 23 heavy (non-hydrogen) atoms. The molecule has 4 nitrogen and oxygen atoms in total. The summed E-state index contributed by atoms with van der Waals surface area (Å²) >= 11 is 5.79. The number of aryl methyl sites for hydroxylation is 1. The molecule has 0 spiro atoms. The van der Waals surface area contributed by atoms with Crippen LogP contribution in [0.2, 0.25) is 5.15 Å². The van der Waals surface area contributed by atoms with Crippen molar-refractivity contribution in [2.24, 2.45) is 0 Å². The average Bonchev–Trinajstić information content (AvgIpc) is 3.28. The van der Waals surface area contributed by atoms with Gasteiger partial charge in [-0.2, -0.15) is 4.31 Å². The zero-order chi connectivity index (χ0) is 16.0. The lowest BCUT2D eigenvalue weighted by molar-refractivity contribution is 0.314. The minimum absolute atomic E-state index is 0.0700. The molecule has 0 bridgehead atoms. The summed E-state index contributed by atoms with van der Waals surface area (Å²) in [7, 11) is -3.57. The second-order valence-corrected chi connectivity index (χ2v) is 8.37. The Kier molecular flexibility index (Phi) is 3.67.